The predicted molar refractivity (Wildman–Crippen MR) is 168 cm³/mol. The van der Waals surface area contributed by atoms with Crippen molar-refractivity contribution in [2.75, 3.05) is 12.3 Å². The molecule has 2 heterocycles. The van der Waals surface area contributed by atoms with Crippen molar-refractivity contribution < 1.29 is 28.3 Å². The van der Waals surface area contributed by atoms with Gasteiger partial charge in [-0.1, -0.05) is 80.6 Å². The average Bonchev–Trinajstić information content (AvgIpc) is 3.38. The molecule has 0 saturated carbocycles. The van der Waals surface area contributed by atoms with Gasteiger partial charge in [0.2, 0.25) is 5.95 Å². The topological polar surface area (TPSA) is 168 Å². The molecule has 1 aliphatic heterocycles. The number of nitrogens with zero attached hydrogens (tertiary/aromatic N) is 3. The molecule has 1 aliphatic rings. The van der Waals surface area contributed by atoms with Crippen LogP contribution < -0.4 is 21.0 Å². The number of hydrogen-bond acceptors (Lipinski definition) is 11. The van der Waals surface area contributed by atoms with E-state index in [0.29, 0.717) is 11.1 Å². The lowest BCUT2D eigenvalue weighted by Gasteiger charge is -2.28. The SMILES string of the molecule is CC(C)[C@H](NP(=O)(OC[C@H]1S[C@@H](n2cnc(N)nc2=O)CC1O)Oc1cccc2ccccc12)C(=O)OCc1ccccc1. The van der Waals surface area contributed by atoms with Crippen molar-refractivity contribution in [2.45, 2.75) is 49.6 Å². The van der Waals surface area contributed by atoms with Gasteiger partial charge >= 0.3 is 19.4 Å². The van der Waals surface area contributed by atoms with Crippen LogP contribution in [0.5, 0.6) is 5.75 Å². The van der Waals surface area contributed by atoms with Crippen LogP contribution in [0.4, 0.5) is 5.95 Å². The fraction of sp³-hybridized carbons (Fsp3) is 0.333. The Morgan fingerprint density at radius 3 is 2.61 bits per heavy atom. The lowest BCUT2D eigenvalue weighted by atomic mass is 10.1. The molecule has 0 spiro atoms. The third kappa shape index (κ3) is 7.66. The third-order valence-electron chi connectivity index (χ3n) is 7.08. The highest BCUT2D eigenvalue weighted by atomic mass is 32.2. The van der Waals surface area contributed by atoms with E-state index in [-0.39, 0.29) is 31.5 Å². The molecule has 2 unspecified atom stereocenters. The van der Waals surface area contributed by atoms with Gasteiger partial charge in [0.05, 0.1) is 23.3 Å². The number of ether oxygens (including phenoxy) is 1. The van der Waals surface area contributed by atoms with Gasteiger partial charge in [0, 0.05) is 11.8 Å². The van der Waals surface area contributed by atoms with Crippen LogP contribution in [0.2, 0.25) is 0 Å². The first kappa shape index (κ1) is 31.7. The molecule has 5 rings (SSSR count). The molecule has 232 valence electrons. The number of nitrogens with one attached hydrogen (secondary N) is 1. The number of thioether (sulfide) groups is 1. The molecule has 44 heavy (non-hydrogen) atoms. The summed E-state index contributed by atoms with van der Waals surface area (Å²) in [6.45, 7) is 3.40. The normalized spacial score (nSPS) is 20.3. The van der Waals surface area contributed by atoms with Gasteiger partial charge in [-0.25, -0.2) is 14.3 Å². The molecular weight excluding hydrogens is 605 g/mol. The second-order valence-corrected chi connectivity index (χ2v) is 13.8. The van der Waals surface area contributed by atoms with E-state index in [0.717, 1.165) is 10.9 Å². The second-order valence-electron chi connectivity index (χ2n) is 10.6. The molecule has 0 aliphatic carbocycles. The minimum Gasteiger partial charge on any atom is -0.460 e. The van der Waals surface area contributed by atoms with E-state index in [4.69, 9.17) is 19.5 Å². The minimum atomic E-state index is -4.28. The summed E-state index contributed by atoms with van der Waals surface area (Å²) in [7, 11) is -4.28. The highest BCUT2D eigenvalue weighted by Crippen LogP contribution is 2.49. The number of aromatic nitrogens is 3. The second kappa shape index (κ2) is 13.9. The van der Waals surface area contributed by atoms with E-state index in [1.165, 1.54) is 22.7 Å². The van der Waals surface area contributed by atoms with Crippen LogP contribution in [0.25, 0.3) is 10.8 Å². The number of fused-ring (bicyclic) bond motifs is 1. The zero-order valence-corrected chi connectivity index (χ0v) is 25.9. The van der Waals surface area contributed by atoms with Crippen molar-refractivity contribution in [1.29, 1.82) is 0 Å². The Balaban J connectivity index is 1.37. The molecule has 1 fully saturated rings. The number of nitrogens with two attached hydrogens (primary N) is 1. The molecule has 4 N–H and O–H groups in total. The Kier molecular flexibility index (Phi) is 10.0. The Morgan fingerprint density at radius 1 is 1.14 bits per heavy atom. The van der Waals surface area contributed by atoms with E-state index in [1.54, 1.807) is 26.0 Å². The quantitative estimate of drug-likeness (QED) is 0.149. The largest absolute Gasteiger partial charge is 0.460 e. The number of esters is 1. The van der Waals surface area contributed by atoms with Gasteiger partial charge in [-0.05, 0) is 22.9 Å². The number of rotatable bonds is 12. The van der Waals surface area contributed by atoms with E-state index in [1.807, 2.05) is 60.7 Å². The third-order valence-corrected chi connectivity index (χ3v) is 10.1. The summed E-state index contributed by atoms with van der Waals surface area (Å²) in [5, 5.41) is 14.1. The smallest absolute Gasteiger partial charge is 0.459 e. The molecule has 3 aromatic carbocycles. The highest BCUT2D eigenvalue weighted by molar-refractivity contribution is 8.00. The van der Waals surface area contributed by atoms with E-state index < -0.39 is 42.2 Å². The van der Waals surface area contributed by atoms with Crippen LogP contribution in [0.15, 0.2) is 83.9 Å². The van der Waals surface area contributed by atoms with Crippen LogP contribution in [0, 0.1) is 5.92 Å². The van der Waals surface area contributed by atoms with Gasteiger partial charge in [0.25, 0.3) is 0 Å². The summed E-state index contributed by atoms with van der Waals surface area (Å²) < 4.78 is 33.4. The zero-order chi connectivity index (χ0) is 31.3. The average molecular weight is 640 g/mol. The van der Waals surface area contributed by atoms with Gasteiger partial charge in [0.15, 0.2) is 0 Å². The number of aliphatic hydroxyl groups is 1. The molecule has 0 amide bonds. The van der Waals surface area contributed by atoms with E-state index in [2.05, 4.69) is 15.1 Å². The highest BCUT2D eigenvalue weighted by Gasteiger charge is 2.41. The Labute approximate surface area is 258 Å². The molecule has 0 bridgehead atoms. The van der Waals surface area contributed by atoms with Crippen molar-refractivity contribution in [2.24, 2.45) is 5.92 Å². The molecule has 1 saturated heterocycles. The number of carbonyl (C=O) groups excluding carboxylic acids is 1. The summed E-state index contributed by atoms with van der Waals surface area (Å²) in [5.41, 5.74) is 5.72. The van der Waals surface area contributed by atoms with Gasteiger partial charge in [-0.15, -0.1) is 11.8 Å². The zero-order valence-electron chi connectivity index (χ0n) is 24.2. The van der Waals surface area contributed by atoms with Gasteiger partial charge in [-0.3, -0.25) is 13.9 Å². The Bertz CT molecular complexity index is 1700. The lowest BCUT2D eigenvalue weighted by Crippen LogP contribution is -2.42. The maximum atomic E-state index is 14.5. The first-order chi connectivity index (χ1) is 21.1. The van der Waals surface area contributed by atoms with Crippen molar-refractivity contribution in [1.82, 2.24) is 19.6 Å². The standard InChI is InChI=1S/C30H34N5O7PS/c1-19(2)27(28(37)40-16-20-9-4-3-5-10-20)34-43(39,42-24-14-8-12-21-11-6-7-13-22(21)24)41-17-25-23(36)15-26(44-25)35-18-32-29(31)33-30(35)38/h3-14,18-19,23,25-27,36H,15-17H2,1-2H3,(H,34,39)(H2,31,33,38)/t23?,25-,26-,27+,43?/m1/s1. The van der Waals surface area contributed by atoms with Crippen molar-refractivity contribution in [3.63, 3.8) is 0 Å². The van der Waals surface area contributed by atoms with Gasteiger partial charge in [0.1, 0.15) is 24.7 Å². The predicted octanol–water partition coefficient (Wildman–Crippen LogP) is 4.30. The summed E-state index contributed by atoms with van der Waals surface area (Å²) in [6, 6.07) is 21.0. The number of anilines is 1. The Morgan fingerprint density at radius 2 is 1.86 bits per heavy atom. The molecule has 0 radical (unpaired) electrons. The fourth-order valence-corrected chi connectivity index (χ4v) is 7.94. The van der Waals surface area contributed by atoms with Crippen molar-refractivity contribution in [3.05, 3.63) is 95.2 Å². The van der Waals surface area contributed by atoms with Crippen LogP contribution >= 0.6 is 19.5 Å². The number of hydrogen-bond donors (Lipinski definition) is 3. The summed E-state index contributed by atoms with van der Waals surface area (Å²) in [6.07, 6.45) is 0.578. The maximum absolute atomic E-state index is 14.5. The van der Waals surface area contributed by atoms with E-state index in [9.17, 15) is 19.3 Å². The van der Waals surface area contributed by atoms with E-state index >= 15 is 0 Å². The number of benzene rings is 3. The number of nitrogen functional groups attached to an aromatic ring is 1. The van der Waals surface area contributed by atoms with Crippen molar-refractivity contribution in [3.8, 4) is 5.75 Å². The van der Waals surface area contributed by atoms with Crippen LogP contribution in [0.1, 0.15) is 31.2 Å². The summed E-state index contributed by atoms with van der Waals surface area (Å²) >= 11 is 1.25. The lowest BCUT2D eigenvalue weighted by molar-refractivity contribution is -0.148. The van der Waals surface area contributed by atoms with Crippen LogP contribution in [-0.2, 0) is 25.2 Å². The maximum Gasteiger partial charge on any atom is 0.459 e. The fourth-order valence-electron chi connectivity index (χ4n) is 4.72. The molecule has 14 heteroatoms. The first-order valence-electron chi connectivity index (χ1n) is 14.1. The van der Waals surface area contributed by atoms with Crippen molar-refractivity contribution >= 4 is 42.2 Å². The summed E-state index contributed by atoms with van der Waals surface area (Å²) in [5.74, 6) is -0.816. The minimum absolute atomic E-state index is 0.0421. The first-order valence-corrected chi connectivity index (χ1v) is 16.5. The number of carbonyl (C=O) groups is 1. The molecule has 4 aromatic rings. The molecule has 12 nitrogen and oxygen atoms in total. The van der Waals surface area contributed by atoms with Crippen LogP contribution in [-0.4, -0.2) is 49.6 Å². The molecule has 1 aromatic heterocycles. The summed E-state index contributed by atoms with van der Waals surface area (Å²) in [4.78, 5) is 33.1. The molecular formula is C30H34N5O7PS. The number of aliphatic hydroxyl groups excluding tert-OH is 1. The Hall–Kier alpha value is -3.74. The van der Waals surface area contributed by atoms with Gasteiger partial charge < -0.3 is 20.1 Å². The molecule has 5 atom stereocenters. The van der Waals surface area contributed by atoms with Gasteiger partial charge in [-0.2, -0.15) is 10.1 Å². The monoisotopic (exact) mass is 639 g/mol. The van der Waals surface area contributed by atoms with Crippen LogP contribution in [0.3, 0.4) is 0 Å².